The molecule has 1 unspecified atom stereocenters. The number of halogens is 1. The number of hydrogen-bond acceptors (Lipinski definition) is 3. The monoisotopic (exact) mass is 268 g/mol. The number of carboxylic acid groups (broad SMARTS) is 1. The van der Waals surface area contributed by atoms with Crippen LogP contribution in [0.25, 0.3) is 0 Å². The van der Waals surface area contributed by atoms with Gasteiger partial charge in [0, 0.05) is 12.5 Å². The molecule has 5 nitrogen and oxygen atoms in total. The van der Waals surface area contributed by atoms with Gasteiger partial charge in [0.2, 0.25) is 5.91 Å². The highest BCUT2D eigenvalue weighted by Gasteiger charge is 2.13. The quantitative estimate of drug-likeness (QED) is 0.735. The van der Waals surface area contributed by atoms with Crippen molar-refractivity contribution in [3.8, 4) is 0 Å². The molecule has 0 aromatic heterocycles. The number of hydrogen-bond donors (Lipinski definition) is 3. The number of rotatable bonds is 6. The van der Waals surface area contributed by atoms with Crippen LogP contribution in [0.1, 0.15) is 36.5 Å². The third-order valence-corrected chi connectivity index (χ3v) is 2.60. The van der Waals surface area contributed by atoms with Crippen LogP contribution in [-0.2, 0) is 4.79 Å². The minimum atomic E-state index is -1.22. The number of benzene rings is 1. The Bertz CT molecular complexity index is 477. The van der Waals surface area contributed by atoms with Gasteiger partial charge in [0.05, 0.1) is 11.3 Å². The molecule has 0 aliphatic rings. The molecule has 1 aromatic carbocycles. The second kappa shape index (κ2) is 6.84. The molecular weight excluding hydrogens is 251 g/mol. The van der Waals surface area contributed by atoms with Crippen molar-refractivity contribution in [2.75, 3.05) is 5.32 Å². The summed E-state index contributed by atoms with van der Waals surface area (Å²) in [5, 5.41) is 11.1. The molecule has 1 atom stereocenters. The lowest BCUT2D eigenvalue weighted by Crippen LogP contribution is -2.27. The number of nitrogens with two attached hydrogens (primary N) is 1. The third-order valence-electron chi connectivity index (χ3n) is 2.60. The van der Waals surface area contributed by atoms with Gasteiger partial charge in [-0.3, -0.25) is 4.79 Å². The van der Waals surface area contributed by atoms with E-state index in [2.05, 4.69) is 5.32 Å². The maximum absolute atomic E-state index is 13.5. The lowest BCUT2D eigenvalue weighted by molar-refractivity contribution is -0.116. The highest BCUT2D eigenvalue weighted by molar-refractivity contribution is 5.92. The third kappa shape index (κ3) is 4.67. The van der Waals surface area contributed by atoms with E-state index in [1.165, 1.54) is 12.1 Å². The second-order valence-electron chi connectivity index (χ2n) is 4.30. The maximum atomic E-state index is 13.5. The van der Waals surface area contributed by atoms with Gasteiger partial charge >= 0.3 is 5.97 Å². The van der Waals surface area contributed by atoms with Gasteiger partial charge in [0.15, 0.2) is 0 Å². The normalized spacial score (nSPS) is 11.9. The Hall–Kier alpha value is -1.95. The predicted molar refractivity (Wildman–Crippen MR) is 69.5 cm³/mol. The number of nitrogens with one attached hydrogen (secondary N) is 1. The molecule has 0 aliphatic carbocycles. The molecule has 19 heavy (non-hydrogen) atoms. The summed E-state index contributed by atoms with van der Waals surface area (Å²) in [6, 6.07) is 3.06. The Balaban J connectivity index is 2.67. The van der Waals surface area contributed by atoms with E-state index in [0.29, 0.717) is 6.42 Å². The van der Waals surface area contributed by atoms with E-state index >= 15 is 0 Å². The molecule has 0 aliphatic heterocycles. The first kappa shape index (κ1) is 15.1. The molecule has 0 radical (unpaired) electrons. The van der Waals surface area contributed by atoms with Crippen LogP contribution in [0, 0.1) is 5.82 Å². The van der Waals surface area contributed by atoms with Crippen LogP contribution in [0.15, 0.2) is 18.2 Å². The van der Waals surface area contributed by atoms with Gasteiger partial charge < -0.3 is 16.2 Å². The molecule has 1 rings (SSSR count). The van der Waals surface area contributed by atoms with Gasteiger partial charge in [-0.25, -0.2) is 9.18 Å². The fourth-order valence-corrected chi connectivity index (χ4v) is 1.66. The Kier molecular flexibility index (Phi) is 5.44. The van der Waals surface area contributed by atoms with Crippen LogP contribution in [0.4, 0.5) is 10.1 Å². The second-order valence-corrected chi connectivity index (χ2v) is 4.30. The van der Waals surface area contributed by atoms with Crippen molar-refractivity contribution in [3.63, 3.8) is 0 Å². The number of aromatic carboxylic acids is 1. The average Bonchev–Trinajstić information content (AvgIpc) is 2.31. The van der Waals surface area contributed by atoms with Crippen LogP contribution >= 0.6 is 0 Å². The number of amides is 1. The van der Waals surface area contributed by atoms with Crippen LogP contribution in [0.2, 0.25) is 0 Å². The summed E-state index contributed by atoms with van der Waals surface area (Å²) < 4.78 is 13.5. The minimum absolute atomic E-state index is 0.0429. The minimum Gasteiger partial charge on any atom is -0.478 e. The van der Waals surface area contributed by atoms with E-state index in [1.54, 1.807) is 0 Å². The summed E-state index contributed by atoms with van der Waals surface area (Å²) in [5.74, 6) is -2.39. The molecule has 0 heterocycles. The average molecular weight is 268 g/mol. The molecule has 0 bridgehead atoms. The topological polar surface area (TPSA) is 92.4 Å². The summed E-state index contributed by atoms with van der Waals surface area (Å²) in [7, 11) is 0. The zero-order valence-corrected chi connectivity index (χ0v) is 10.6. The summed E-state index contributed by atoms with van der Waals surface area (Å²) in [4.78, 5) is 22.2. The first-order chi connectivity index (χ1) is 8.93. The fraction of sp³-hybridized carbons (Fsp3) is 0.385. The lowest BCUT2D eigenvalue weighted by Gasteiger charge is -2.11. The first-order valence-electron chi connectivity index (χ1n) is 6.02. The van der Waals surface area contributed by atoms with E-state index in [1.807, 2.05) is 6.92 Å². The largest absolute Gasteiger partial charge is 0.478 e. The molecule has 0 saturated carbocycles. The van der Waals surface area contributed by atoms with Gasteiger partial charge in [-0.2, -0.15) is 0 Å². The zero-order chi connectivity index (χ0) is 14.4. The van der Waals surface area contributed by atoms with Crippen molar-refractivity contribution in [3.05, 3.63) is 29.6 Å². The van der Waals surface area contributed by atoms with E-state index < -0.39 is 11.8 Å². The van der Waals surface area contributed by atoms with Gasteiger partial charge in [-0.05, 0) is 24.6 Å². The van der Waals surface area contributed by atoms with Gasteiger partial charge in [0.1, 0.15) is 5.82 Å². The summed E-state index contributed by atoms with van der Waals surface area (Å²) >= 11 is 0. The molecule has 1 aromatic rings. The number of carbonyl (C=O) groups excluding carboxylic acids is 1. The Morgan fingerprint density at radius 1 is 1.47 bits per heavy atom. The van der Waals surface area contributed by atoms with Crippen molar-refractivity contribution in [1.29, 1.82) is 0 Å². The molecule has 0 spiro atoms. The summed E-state index contributed by atoms with van der Waals surface area (Å²) in [6.45, 7) is 1.96. The van der Waals surface area contributed by atoms with E-state index in [4.69, 9.17) is 10.8 Å². The van der Waals surface area contributed by atoms with E-state index in [0.717, 1.165) is 12.5 Å². The molecule has 104 valence electrons. The smallest absolute Gasteiger partial charge is 0.335 e. The fourth-order valence-electron chi connectivity index (χ4n) is 1.66. The van der Waals surface area contributed by atoms with Crippen molar-refractivity contribution < 1.29 is 19.1 Å². The highest BCUT2D eigenvalue weighted by Crippen LogP contribution is 2.16. The number of carboxylic acids is 1. The molecule has 0 saturated heterocycles. The molecular formula is C13H17FN2O3. The van der Waals surface area contributed by atoms with Gasteiger partial charge in [0.25, 0.3) is 0 Å². The Labute approximate surface area is 110 Å². The van der Waals surface area contributed by atoms with Crippen LogP contribution in [-0.4, -0.2) is 23.0 Å². The Morgan fingerprint density at radius 3 is 2.68 bits per heavy atom. The maximum Gasteiger partial charge on any atom is 0.335 e. The van der Waals surface area contributed by atoms with Crippen molar-refractivity contribution >= 4 is 17.6 Å². The highest BCUT2D eigenvalue weighted by atomic mass is 19.1. The van der Waals surface area contributed by atoms with Crippen LogP contribution in [0.5, 0.6) is 0 Å². The first-order valence-corrected chi connectivity index (χ1v) is 6.02. The van der Waals surface area contributed by atoms with Gasteiger partial charge in [-0.1, -0.05) is 13.3 Å². The molecule has 1 amide bonds. The predicted octanol–water partition coefficient (Wildman–Crippen LogP) is 1.98. The van der Waals surface area contributed by atoms with Crippen molar-refractivity contribution in [1.82, 2.24) is 0 Å². The van der Waals surface area contributed by atoms with E-state index in [9.17, 15) is 14.0 Å². The van der Waals surface area contributed by atoms with Crippen LogP contribution < -0.4 is 11.1 Å². The van der Waals surface area contributed by atoms with Gasteiger partial charge in [-0.15, -0.1) is 0 Å². The van der Waals surface area contributed by atoms with Crippen molar-refractivity contribution in [2.45, 2.75) is 32.2 Å². The molecule has 6 heteroatoms. The lowest BCUT2D eigenvalue weighted by atomic mass is 10.1. The van der Waals surface area contributed by atoms with E-state index in [-0.39, 0.29) is 29.6 Å². The number of anilines is 1. The Morgan fingerprint density at radius 2 is 2.16 bits per heavy atom. The molecule has 4 N–H and O–H groups in total. The molecule has 0 fully saturated rings. The van der Waals surface area contributed by atoms with Crippen LogP contribution in [0.3, 0.4) is 0 Å². The summed E-state index contributed by atoms with van der Waals surface area (Å²) in [6.07, 6.45) is 1.69. The number of carbonyl (C=O) groups is 2. The van der Waals surface area contributed by atoms with Crippen molar-refractivity contribution in [2.24, 2.45) is 5.73 Å². The standard InChI is InChI=1S/C13H17FN2O3/c1-2-3-9(15)7-12(17)16-11-5-4-8(13(18)19)6-10(11)14/h4-6,9H,2-3,7,15H2,1H3,(H,16,17)(H,18,19). The summed E-state index contributed by atoms with van der Waals surface area (Å²) in [5.41, 5.74) is 5.50. The SMILES string of the molecule is CCCC(N)CC(=O)Nc1ccc(C(=O)O)cc1F. The zero-order valence-electron chi connectivity index (χ0n) is 10.6.